The predicted molar refractivity (Wildman–Crippen MR) is 170 cm³/mol. The molecule has 2 N–H and O–H groups in total. The van der Waals surface area contributed by atoms with Crippen molar-refractivity contribution in [3.05, 3.63) is 84.4 Å². The maximum absolute atomic E-state index is 11.5. The number of nitrogens with zero attached hydrogens (tertiary/aromatic N) is 4. The van der Waals surface area contributed by atoms with Crippen molar-refractivity contribution in [1.82, 2.24) is 19.5 Å². The second-order valence-electron chi connectivity index (χ2n) is 13.6. The molecule has 6 rings (SSSR count). The SMILES string of the molecule is CC1(C)O[C@@H]2[C@H](O1)[C@@H](CO[Si](C)(C)C(C)(C)C)O[C@H]2n1cnc2c(N[C@H](c3ccccc3)[C@H](O)c3ccccc3)ncnc21. The maximum atomic E-state index is 11.5. The van der Waals surface area contributed by atoms with E-state index in [1.165, 1.54) is 6.33 Å². The Morgan fingerprint density at radius 3 is 2.25 bits per heavy atom. The summed E-state index contributed by atoms with van der Waals surface area (Å²) in [6, 6.07) is 18.9. The highest BCUT2D eigenvalue weighted by Gasteiger charge is 2.56. The number of imidazole rings is 1. The lowest BCUT2D eigenvalue weighted by Gasteiger charge is -2.37. The summed E-state index contributed by atoms with van der Waals surface area (Å²) in [5.74, 6) is -0.255. The van der Waals surface area contributed by atoms with Gasteiger partial charge in [-0.2, -0.15) is 0 Å². The molecular weight excluding hydrogens is 574 g/mol. The number of hydrogen-bond donors (Lipinski definition) is 2. The van der Waals surface area contributed by atoms with Crippen molar-refractivity contribution < 1.29 is 23.7 Å². The molecule has 234 valence electrons. The maximum Gasteiger partial charge on any atom is 0.192 e. The molecule has 0 bridgehead atoms. The summed E-state index contributed by atoms with van der Waals surface area (Å²) >= 11 is 0. The van der Waals surface area contributed by atoms with Crippen LogP contribution < -0.4 is 5.32 Å². The third kappa shape index (κ3) is 5.92. The molecule has 0 spiro atoms. The lowest BCUT2D eigenvalue weighted by atomic mass is 9.96. The summed E-state index contributed by atoms with van der Waals surface area (Å²) in [4.78, 5) is 13.9. The molecule has 11 heteroatoms. The third-order valence-corrected chi connectivity index (χ3v) is 13.6. The minimum absolute atomic E-state index is 0.0727. The zero-order valence-corrected chi connectivity index (χ0v) is 27.5. The predicted octanol–water partition coefficient (Wildman–Crippen LogP) is 6.15. The largest absolute Gasteiger partial charge is 0.414 e. The molecule has 0 unspecified atom stereocenters. The molecule has 44 heavy (non-hydrogen) atoms. The van der Waals surface area contributed by atoms with Crippen molar-refractivity contribution in [2.24, 2.45) is 0 Å². The molecule has 0 aliphatic carbocycles. The molecule has 2 fully saturated rings. The van der Waals surface area contributed by atoms with Crippen LogP contribution in [-0.4, -0.2) is 63.6 Å². The summed E-state index contributed by atoms with van der Waals surface area (Å²) < 4.78 is 27.8. The van der Waals surface area contributed by atoms with Crippen LogP contribution in [0.3, 0.4) is 0 Å². The minimum atomic E-state index is -2.01. The van der Waals surface area contributed by atoms with Crippen LogP contribution in [0.4, 0.5) is 5.82 Å². The Kier molecular flexibility index (Phi) is 8.14. The summed E-state index contributed by atoms with van der Waals surface area (Å²) in [5.41, 5.74) is 2.86. The number of aromatic nitrogens is 4. The zero-order chi connectivity index (χ0) is 31.3. The highest BCUT2D eigenvalue weighted by Crippen LogP contribution is 2.45. The van der Waals surface area contributed by atoms with Crippen LogP contribution in [0, 0.1) is 0 Å². The van der Waals surface area contributed by atoms with Crippen molar-refractivity contribution >= 4 is 25.3 Å². The number of rotatable bonds is 9. The van der Waals surface area contributed by atoms with Gasteiger partial charge >= 0.3 is 0 Å². The number of fused-ring (bicyclic) bond motifs is 2. The molecule has 0 radical (unpaired) electrons. The molecule has 2 aliphatic rings. The Labute approximate surface area is 259 Å². The van der Waals surface area contributed by atoms with Gasteiger partial charge in [-0.15, -0.1) is 0 Å². The summed E-state index contributed by atoms with van der Waals surface area (Å²) in [7, 11) is -2.01. The Morgan fingerprint density at radius 1 is 0.955 bits per heavy atom. The molecule has 2 saturated heterocycles. The monoisotopic (exact) mass is 617 g/mol. The quantitative estimate of drug-likeness (QED) is 0.214. The summed E-state index contributed by atoms with van der Waals surface area (Å²) in [6.45, 7) is 15.4. The zero-order valence-electron chi connectivity index (χ0n) is 26.5. The van der Waals surface area contributed by atoms with E-state index in [0.717, 1.165) is 11.1 Å². The van der Waals surface area contributed by atoms with Crippen molar-refractivity contribution in [3.63, 3.8) is 0 Å². The van der Waals surface area contributed by atoms with Crippen LogP contribution in [0.15, 0.2) is 73.3 Å². The van der Waals surface area contributed by atoms with Gasteiger partial charge in [-0.25, -0.2) is 15.0 Å². The summed E-state index contributed by atoms with van der Waals surface area (Å²) in [5, 5.41) is 15.0. The minimum Gasteiger partial charge on any atom is -0.414 e. The Hall–Kier alpha value is -3.19. The van der Waals surface area contributed by atoms with Crippen LogP contribution in [0.5, 0.6) is 0 Å². The fourth-order valence-electron chi connectivity index (χ4n) is 5.66. The molecule has 2 aromatic heterocycles. The molecule has 2 aromatic carbocycles. The van der Waals surface area contributed by atoms with Gasteiger partial charge in [-0.05, 0) is 43.1 Å². The van der Waals surface area contributed by atoms with Gasteiger partial charge in [-0.1, -0.05) is 81.4 Å². The number of anilines is 1. The lowest BCUT2D eigenvalue weighted by molar-refractivity contribution is -0.199. The summed E-state index contributed by atoms with van der Waals surface area (Å²) in [6.07, 6.45) is 0.851. The number of benzene rings is 2. The second-order valence-corrected chi connectivity index (χ2v) is 18.4. The number of aliphatic hydroxyl groups excluding tert-OH is 1. The average molecular weight is 618 g/mol. The van der Waals surface area contributed by atoms with Gasteiger partial charge in [0.2, 0.25) is 0 Å². The molecule has 10 nitrogen and oxygen atoms in total. The van der Waals surface area contributed by atoms with E-state index in [9.17, 15) is 5.11 Å². The first-order valence-electron chi connectivity index (χ1n) is 15.2. The van der Waals surface area contributed by atoms with Crippen LogP contribution >= 0.6 is 0 Å². The normalized spacial score (nSPS) is 24.7. The fourth-order valence-corrected chi connectivity index (χ4v) is 6.68. The van der Waals surface area contributed by atoms with E-state index in [4.69, 9.17) is 23.6 Å². The van der Waals surface area contributed by atoms with Gasteiger partial charge in [0.15, 0.2) is 37.3 Å². The second kappa shape index (κ2) is 11.6. The first-order chi connectivity index (χ1) is 20.8. The van der Waals surface area contributed by atoms with Crippen molar-refractivity contribution in [3.8, 4) is 0 Å². The molecule has 6 atom stereocenters. The van der Waals surface area contributed by atoms with Crippen LogP contribution in [0.1, 0.15) is 64.1 Å². The van der Waals surface area contributed by atoms with Crippen LogP contribution in [-0.2, 0) is 18.6 Å². The number of hydrogen-bond acceptors (Lipinski definition) is 9. The molecule has 2 aliphatic heterocycles. The fraction of sp³-hybridized carbons (Fsp3) is 0.485. The van der Waals surface area contributed by atoms with Crippen LogP contribution in [0.2, 0.25) is 18.1 Å². The van der Waals surface area contributed by atoms with E-state index in [2.05, 4.69) is 49.1 Å². The van der Waals surface area contributed by atoms with Gasteiger partial charge < -0.3 is 29.1 Å². The van der Waals surface area contributed by atoms with Crippen molar-refractivity contribution in [1.29, 1.82) is 0 Å². The van der Waals surface area contributed by atoms with Gasteiger partial charge in [0.25, 0.3) is 0 Å². The molecule has 0 amide bonds. The topological polar surface area (TPSA) is 113 Å². The number of ether oxygens (including phenoxy) is 3. The van der Waals surface area contributed by atoms with Gasteiger partial charge in [0.1, 0.15) is 30.7 Å². The first kappa shape index (κ1) is 30.8. The van der Waals surface area contributed by atoms with E-state index < -0.39 is 32.5 Å². The van der Waals surface area contributed by atoms with Gasteiger partial charge in [0.05, 0.1) is 19.0 Å². The highest BCUT2D eigenvalue weighted by molar-refractivity contribution is 6.74. The van der Waals surface area contributed by atoms with E-state index in [-0.39, 0.29) is 23.4 Å². The average Bonchev–Trinajstić information content (AvgIpc) is 3.65. The van der Waals surface area contributed by atoms with E-state index in [1.807, 2.05) is 79.1 Å². The molecule has 0 saturated carbocycles. The molecule has 4 heterocycles. The number of nitrogens with one attached hydrogen (secondary N) is 1. The van der Waals surface area contributed by atoms with Gasteiger partial charge in [-0.3, -0.25) is 4.57 Å². The third-order valence-electron chi connectivity index (χ3n) is 9.08. The van der Waals surface area contributed by atoms with Gasteiger partial charge in [0, 0.05) is 0 Å². The smallest absolute Gasteiger partial charge is 0.192 e. The Bertz CT molecular complexity index is 1580. The molecular formula is C33H43N5O5Si. The lowest BCUT2D eigenvalue weighted by Crippen LogP contribution is -2.44. The first-order valence-corrected chi connectivity index (χ1v) is 18.1. The number of aliphatic hydroxyl groups is 1. The standard InChI is InChI=1S/C33H43N5O5Si/c1-32(2,3)44(6,7)40-18-23-27-28(43-33(4,5)42-27)31(41-23)38-20-36-25-29(34-19-35-30(25)38)37-24(21-14-10-8-11-15-21)26(39)22-16-12-9-13-17-22/h8-17,19-20,23-24,26-28,31,39H,18H2,1-7H3,(H,34,35,37)/t23-,24-,26-,27-,28-,31-/m1/s1. The van der Waals surface area contributed by atoms with Crippen LogP contribution in [0.25, 0.3) is 11.2 Å². The van der Waals surface area contributed by atoms with Crippen molar-refractivity contribution in [2.75, 3.05) is 11.9 Å². The molecule has 4 aromatic rings. The Balaban J connectivity index is 1.30. The van der Waals surface area contributed by atoms with E-state index >= 15 is 0 Å². The highest BCUT2D eigenvalue weighted by atomic mass is 28.4. The van der Waals surface area contributed by atoms with E-state index in [0.29, 0.717) is 23.6 Å². The Morgan fingerprint density at radius 2 is 1.59 bits per heavy atom. The van der Waals surface area contributed by atoms with Crippen molar-refractivity contribution in [2.45, 2.75) is 95.2 Å². The van der Waals surface area contributed by atoms with E-state index in [1.54, 1.807) is 6.33 Å².